The van der Waals surface area contributed by atoms with Crippen LogP contribution in [0.3, 0.4) is 0 Å². The molecule has 1 amide bonds. The van der Waals surface area contributed by atoms with E-state index in [0.717, 1.165) is 51.4 Å². The molecular formula is C68H130N2O6P+. The number of hydrogen-bond donors (Lipinski definition) is 3. The second-order valence-corrected chi connectivity index (χ2v) is 25.3. The monoisotopic (exact) mass is 1100 g/mol. The van der Waals surface area contributed by atoms with Gasteiger partial charge >= 0.3 is 7.82 Å². The van der Waals surface area contributed by atoms with Crippen molar-refractivity contribution in [2.75, 3.05) is 40.9 Å². The fourth-order valence-electron chi connectivity index (χ4n) is 9.77. The summed E-state index contributed by atoms with van der Waals surface area (Å²) in [7, 11) is 1.56. The number of rotatable bonds is 61. The van der Waals surface area contributed by atoms with Crippen molar-refractivity contribution in [1.29, 1.82) is 0 Å². The number of nitrogens with zero attached hydrogens (tertiary/aromatic N) is 1. The number of aliphatic hydroxyl groups is 1. The third-order valence-electron chi connectivity index (χ3n) is 15.0. The Bertz CT molecular complexity index is 1440. The van der Waals surface area contributed by atoms with Crippen LogP contribution in [0.1, 0.15) is 316 Å². The van der Waals surface area contributed by atoms with E-state index in [1.165, 1.54) is 244 Å². The molecule has 0 aromatic carbocycles. The average molecular weight is 1100 g/mol. The molecular weight excluding hydrogens is 972 g/mol. The van der Waals surface area contributed by atoms with Gasteiger partial charge in [-0.05, 0) is 70.6 Å². The number of carbonyl (C=O) groups is 1. The molecule has 0 aromatic rings. The fourth-order valence-corrected chi connectivity index (χ4v) is 10.5. The summed E-state index contributed by atoms with van der Waals surface area (Å²) in [4.78, 5) is 23.4. The van der Waals surface area contributed by atoms with Gasteiger partial charge in [0.05, 0.1) is 39.9 Å². The van der Waals surface area contributed by atoms with E-state index in [4.69, 9.17) is 9.05 Å². The first-order valence-electron chi connectivity index (χ1n) is 33.2. The number of aliphatic hydroxyl groups excluding tert-OH is 1. The first-order chi connectivity index (χ1) is 37.5. The molecule has 0 heterocycles. The van der Waals surface area contributed by atoms with E-state index in [9.17, 15) is 19.4 Å². The number of unbranched alkanes of at least 4 members (excludes halogenated alkanes) is 40. The number of phosphoric acid groups is 1. The maximum Gasteiger partial charge on any atom is 0.472 e. The predicted molar refractivity (Wildman–Crippen MR) is 337 cm³/mol. The Labute approximate surface area is 479 Å². The topological polar surface area (TPSA) is 105 Å². The molecule has 0 rings (SSSR count). The number of hydrogen-bond acceptors (Lipinski definition) is 5. The van der Waals surface area contributed by atoms with Gasteiger partial charge in [0.2, 0.25) is 5.91 Å². The number of allylic oxidation sites excluding steroid dienone is 9. The van der Waals surface area contributed by atoms with Crippen molar-refractivity contribution in [3.63, 3.8) is 0 Å². The predicted octanol–water partition coefficient (Wildman–Crippen LogP) is 20.8. The van der Waals surface area contributed by atoms with Crippen molar-refractivity contribution >= 4 is 13.7 Å². The lowest BCUT2D eigenvalue weighted by Crippen LogP contribution is -2.45. The van der Waals surface area contributed by atoms with Crippen molar-refractivity contribution in [2.45, 2.75) is 328 Å². The Morgan fingerprint density at radius 2 is 0.753 bits per heavy atom. The zero-order valence-corrected chi connectivity index (χ0v) is 52.6. The third-order valence-corrected chi connectivity index (χ3v) is 15.9. The summed E-state index contributed by atoms with van der Waals surface area (Å²) in [5, 5.41) is 14.0. The molecule has 0 aliphatic rings. The van der Waals surface area contributed by atoms with E-state index >= 15 is 0 Å². The molecule has 9 heteroatoms. The van der Waals surface area contributed by atoms with Crippen molar-refractivity contribution in [3.8, 4) is 0 Å². The van der Waals surface area contributed by atoms with Gasteiger partial charge in [0.15, 0.2) is 0 Å². The number of quaternary nitrogens is 1. The van der Waals surface area contributed by atoms with Gasteiger partial charge in [0, 0.05) is 6.42 Å². The lowest BCUT2D eigenvalue weighted by molar-refractivity contribution is -0.870. The molecule has 77 heavy (non-hydrogen) atoms. The van der Waals surface area contributed by atoms with Gasteiger partial charge in [-0.2, -0.15) is 0 Å². The van der Waals surface area contributed by atoms with Crippen LogP contribution in [0.2, 0.25) is 0 Å². The first-order valence-corrected chi connectivity index (χ1v) is 34.7. The molecule has 0 saturated heterocycles. The molecule has 3 N–H and O–H groups in total. The van der Waals surface area contributed by atoms with Crippen LogP contribution in [-0.4, -0.2) is 73.4 Å². The van der Waals surface area contributed by atoms with Crippen LogP contribution in [0.4, 0.5) is 0 Å². The van der Waals surface area contributed by atoms with Gasteiger partial charge in [-0.25, -0.2) is 4.57 Å². The Kier molecular flexibility index (Phi) is 57.5. The average Bonchev–Trinajstić information content (AvgIpc) is 3.39. The van der Waals surface area contributed by atoms with E-state index in [-0.39, 0.29) is 19.1 Å². The normalized spacial score (nSPS) is 14.1. The minimum Gasteiger partial charge on any atom is -0.387 e. The number of nitrogens with one attached hydrogen (secondary N) is 1. The van der Waals surface area contributed by atoms with Gasteiger partial charge in [-0.3, -0.25) is 13.8 Å². The lowest BCUT2D eigenvalue weighted by atomic mass is 10.0. The summed E-state index contributed by atoms with van der Waals surface area (Å²) in [5.74, 6) is -0.186. The van der Waals surface area contributed by atoms with Gasteiger partial charge < -0.3 is 19.8 Å². The lowest BCUT2D eigenvalue weighted by Gasteiger charge is -2.25. The Morgan fingerprint density at radius 3 is 1.13 bits per heavy atom. The maximum absolute atomic E-state index is 13.0. The van der Waals surface area contributed by atoms with Crippen molar-refractivity contribution in [1.82, 2.24) is 5.32 Å². The van der Waals surface area contributed by atoms with Crippen LogP contribution in [0.15, 0.2) is 60.8 Å². The molecule has 0 fully saturated rings. The highest BCUT2D eigenvalue weighted by atomic mass is 31.2. The molecule has 8 nitrogen and oxygen atoms in total. The van der Waals surface area contributed by atoms with Crippen molar-refractivity contribution < 1.29 is 32.9 Å². The maximum atomic E-state index is 13.0. The summed E-state index contributed by atoms with van der Waals surface area (Å²) < 4.78 is 23.8. The zero-order chi connectivity index (χ0) is 56.3. The summed E-state index contributed by atoms with van der Waals surface area (Å²) in [6.07, 6.45) is 80.7. The quantitative estimate of drug-likeness (QED) is 0.0243. The van der Waals surface area contributed by atoms with E-state index < -0.39 is 20.0 Å². The van der Waals surface area contributed by atoms with Crippen molar-refractivity contribution in [3.05, 3.63) is 60.8 Å². The van der Waals surface area contributed by atoms with E-state index in [1.54, 1.807) is 6.08 Å². The number of carbonyl (C=O) groups excluding carboxylic acids is 1. The second-order valence-electron chi connectivity index (χ2n) is 23.8. The molecule has 452 valence electrons. The molecule has 0 bridgehead atoms. The van der Waals surface area contributed by atoms with E-state index in [0.29, 0.717) is 17.4 Å². The van der Waals surface area contributed by atoms with Crippen LogP contribution in [0.5, 0.6) is 0 Å². The summed E-state index contributed by atoms with van der Waals surface area (Å²) in [5.41, 5.74) is 0. The molecule has 0 spiro atoms. The molecule has 0 radical (unpaired) electrons. The molecule has 0 aromatic heterocycles. The Balaban J connectivity index is 4.16. The Morgan fingerprint density at radius 1 is 0.442 bits per heavy atom. The van der Waals surface area contributed by atoms with Crippen LogP contribution >= 0.6 is 7.82 Å². The zero-order valence-electron chi connectivity index (χ0n) is 51.7. The highest BCUT2D eigenvalue weighted by Crippen LogP contribution is 2.43. The first kappa shape index (κ1) is 75.2. The van der Waals surface area contributed by atoms with Crippen LogP contribution in [0.25, 0.3) is 0 Å². The summed E-state index contributed by atoms with van der Waals surface area (Å²) in [6.45, 7) is 4.82. The molecule has 3 unspecified atom stereocenters. The smallest absolute Gasteiger partial charge is 0.387 e. The van der Waals surface area contributed by atoms with Crippen LogP contribution < -0.4 is 5.32 Å². The number of phosphoric ester groups is 1. The molecule has 0 saturated carbocycles. The van der Waals surface area contributed by atoms with E-state index in [2.05, 4.69) is 67.8 Å². The molecule has 3 atom stereocenters. The molecule has 0 aliphatic carbocycles. The van der Waals surface area contributed by atoms with Crippen molar-refractivity contribution in [2.24, 2.45) is 0 Å². The highest BCUT2D eigenvalue weighted by Gasteiger charge is 2.28. The highest BCUT2D eigenvalue weighted by molar-refractivity contribution is 7.47. The van der Waals surface area contributed by atoms with Gasteiger partial charge in [0.25, 0.3) is 0 Å². The third kappa shape index (κ3) is 61.7. The number of likely N-dealkylation sites (N-methyl/N-ethyl adjacent to an activating group) is 1. The second kappa shape index (κ2) is 58.8. The van der Waals surface area contributed by atoms with Gasteiger partial charge in [0.1, 0.15) is 13.2 Å². The van der Waals surface area contributed by atoms with E-state index in [1.807, 2.05) is 27.2 Å². The van der Waals surface area contributed by atoms with Crippen LogP contribution in [-0.2, 0) is 18.4 Å². The summed E-state index contributed by atoms with van der Waals surface area (Å²) in [6, 6.07) is -0.868. The minimum absolute atomic E-state index is 0.0547. The SMILES string of the molecule is CCCCCCC/C=C\C/C=C\C/C=C\CCCCCCCCCCCCCCC(=O)NC(COP(=O)(O)OCC[N+](C)(C)C)C(O)/C=C/CC/C=C/CCCCCCCCCCCCCCCCCCCCCCCC. The molecule has 0 aliphatic heterocycles. The minimum atomic E-state index is -4.36. The van der Waals surface area contributed by atoms with Gasteiger partial charge in [-0.15, -0.1) is 0 Å². The standard InChI is InChI=1S/C68H129N2O6P/c1-6-8-10-12-14-16-18-20-22-24-26-28-30-32-34-36-37-39-41-43-45-47-49-51-53-55-57-59-61-67(71)66(65-76-77(73,74)75-64-63-70(3,4)5)69-68(72)62-60-58-56-54-52-50-48-46-44-42-40-38-35-33-31-29-27-25-23-21-19-17-15-13-11-9-7-2/h19,21,25,27,31,33,51,53,59,61,66-67,71H,6-18,20,22-24,26,28-30,32,34-50,52,54-58,60,62-65H2,1-5H3,(H-,69,72,73,74)/p+1/b21-19-,27-25-,33-31-,53-51+,61-59+. The van der Waals surface area contributed by atoms with Gasteiger partial charge in [-0.1, -0.05) is 299 Å². The fraction of sp³-hybridized carbons (Fsp3) is 0.838. The largest absolute Gasteiger partial charge is 0.472 e. The number of amides is 1. The van der Waals surface area contributed by atoms with Crippen LogP contribution in [0, 0.1) is 0 Å². The summed E-state index contributed by atoms with van der Waals surface area (Å²) >= 11 is 0. The Hall–Kier alpha value is -1.80.